The van der Waals surface area contributed by atoms with Gasteiger partial charge < -0.3 is 10.2 Å². The summed E-state index contributed by atoms with van der Waals surface area (Å²) in [6.45, 7) is 0.877. The molecule has 2 aliphatic heterocycles. The molecular formula is C19H16N4O2S. The van der Waals surface area contributed by atoms with E-state index in [-0.39, 0.29) is 17.9 Å². The van der Waals surface area contributed by atoms with Crippen molar-refractivity contribution in [3.05, 3.63) is 48.0 Å². The van der Waals surface area contributed by atoms with Crippen molar-refractivity contribution in [3.8, 4) is 0 Å². The Kier molecular flexibility index (Phi) is 3.43. The fourth-order valence-electron chi connectivity index (χ4n) is 3.67. The molecule has 0 saturated carbocycles. The molecule has 2 amide bonds. The van der Waals surface area contributed by atoms with Gasteiger partial charge in [-0.1, -0.05) is 23.5 Å². The van der Waals surface area contributed by atoms with Crippen LogP contribution in [0, 0.1) is 0 Å². The van der Waals surface area contributed by atoms with E-state index < -0.39 is 0 Å². The summed E-state index contributed by atoms with van der Waals surface area (Å²) in [5, 5.41) is 6.36. The van der Waals surface area contributed by atoms with Crippen LogP contribution in [0.2, 0.25) is 0 Å². The number of nitrogens with one attached hydrogen (secondary N) is 2. The van der Waals surface area contributed by atoms with Crippen molar-refractivity contribution in [2.45, 2.75) is 18.9 Å². The number of thiazole rings is 1. The molecule has 0 bridgehead atoms. The number of amides is 2. The first-order chi connectivity index (χ1) is 12.7. The number of fused-ring (bicyclic) bond motifs is 4. The monoisotopic (exact) mass is 364 g/mol. The number of benzene rings is 2. The number of para-hydroxylation sites is 1. The second kappa shape index (κ2) is 5.81. The Hall–Kier alpha value is -2.93. The smallest absolute Gasteiger partial charge is 0.257 e. The van der Waals surface area contributed by atoms with E-state index in [9.17, 15) is 9.59 Å². The normalized spacial score (nSPS) is 18.4. The standard InChI is InChI=1S/C19H16N4O2S/c24-17(22-19-21-12-4-1-2-6-16(12)26-19)11-7-8-14-13(10-11)20-18(25)15-5-3-9-23(14)15/h1-2,4,6-8,10,15H,3,5,9H2,(H,20,25)(H,21,22,24)/t15-/m1/s1. The Morgan fingerprint density at radius 3 is 3.04 bits per heavy atom. The molecule has 3 heterocycles. The predicted octanol–water partition coefficient (Wildman–Crippen LogP) is 3.47. The zero-order valence-electron chi connectivity index (χ0n) is 13.9. The molecule has 1 fully saturated rings. The Bertz CT molecular complexity index is 1010. The summed E-state index contributed by atoms with van der Waals surface area (Å²) >= 11 is 1.44. The van der Waals surface area contributed by atoms with Gasteiger partial charge in [-0.3, -0.25) is 14.9 Å². The minimum atomic E-state index is -0.232. The number of hydrogen-bond donors (Lipinski definition) is 2. The summed E-state index contributed by atoms with van der Waals surface area (Å²) in [7, 11) is 0. The lowest BCUT2D eigenvalue weighted by Gasteiger charge is -2.33. The van der Waals surface area contributed by atoms with E-state index in [1.165, 1.54) is 11.3 Å². The fraction of sp³-hybridized carbons (Fsp3) is 0.211. The molecule has 1 aromatic heterocycles. The molecule has 7 heteroatoms. The van der Waals surface area contributed by atoms with E-state index in [0.717, 1.165) is 35.3 Å². The van der Waals surface area contributed by atoms with Crippen molar-refractivity contribution in [2.24, 2.45) is 0 Å². The van der Waals surface area contributed by atoms with Crippen molar-refractivity contribution in [1.82, 2.24) is 4.98 Å². The van der Waals surface area contributed by atoms with Crippen LogP contribution in [0.5, 0.6) is 0 Å². The zero-order valence-corrected chi connectivity index (χ0v) is 14.7. The quantitative estimate of drug-likeness (QED) is 0.730. The molecule has 0 unspecified atom stereocenters. The summed E-state index contributed by atoms with van der Waals surface area (Å²) in [6.07, 6.45) is 1.89. The highest BCUT2D eigenvalue weighted by atomic mass is 32.1. The largest absolute Gasteiger partial charge is 0.358 e. The number of nitrogens with zero attached hydrogens (tertiary/aromatic N) is 2. The molecule has 2 N–H and O–H groups in total. The molecule has 130 valence electrons. The van der Waals surface area contributed by atoms with Crippen molar-refractivity contribution in [3.63, 3.8) is 0 Å². The molecule has 3 aromatic rings. The second-order valence-corrected chi connectivity index (χ2v) is 7.54. The Morgan fingerprint density at radius 1 is 1.27 bits per heavy atom. The van der Waals surface area contributed by atoms with Gasteiger partial charge in [-0.05, 0) is 43.2 Å². The molecule has 1 saturated heterocycles. The number of aromatic nitrogens is 1. The molecule has 1 atom stereocenters. The van der Waals surface area contributed by atoms with E-state index in [0.29, 0.717) is 16.4 Å². The van der Waals surface area contributed by atoms with E-state index in [1.54, 1.807) is 12.1 Å². The van der Waals surface area contributed by atoms with Crippen LogP contribution >= 0.6 is 11.3 Å². The van der Waals surface area contributed by atoms with Crippen LogP contribution in [-0.2, 0) is 4.79 Å². The molecular weight excluding hydrogens is 348 g/mol. The van der Waals surface area contributed by atoms with Crippen LogP contribution in [0.25, 0.3) is 10.2 Å². The number of anilines is 3. The van der Waals surface area contributed by atoms with Gasteiger partial charge in [0.05, 0.1) is 21.6 Å². The fourth-order valence-corrected chi connectivity index (χ4v) is 4.53. The number of carbonyl (C=O) groups is 2. The Balaban J connectivity index is 1.42. The average molecular weight is 364 g/mol. The van der Waals surface area contributed by atoms with Gasteiger partial charge in [0, 0.05) is 12.1 Å². The lowest BCUT2D eigenvalue weighted by atomic mass is 10.1. The summed E-state index contributed by atoms with van der Waals surface area (Å²) in [6, 6.07) is 13.1. The maximum absolute atomic E-state index is 12.6. The van der Waals surface area contributed by atoms with Crippen LogP contribution in [0.15, 0.2) is 42.5 Å². The molecule has 0 radical (unpaired) electrons. The van der Waals surface area contributed by atoms with Gasteiger partial charge in [-0.2, -0.15) is 0 Å². The van der Waals surface area contributed by atoms with Crippen LogP contribution < -0.4 is 15.5 Å². The van der Waals surface area contributed by atoms with Gasteiger partial charge >= 0.3 is 0 Å². The first-order valence-corrected chi connectivity index (χ1v) is 9.39. The first-order valence-electron chi connectivity index (χ1n) is 8.57. The molecule has 26 heavy (non-hydrogen) atoms. The van der Waals surface area contributed by atoms with Crippen molar-refractivity contribution < 1.29 is 9.59 Å². The summed E-state index contributed by atoms with van der Waals surface area (Å²) in [5.41, 5.74) is 3.06. The third kappa shape index (κ3) is 2.43. The highest BCUT2D eigenvalue weighted by molar-refractivity contribution is 7.22. The highest BCUT2D eigenvalue weighted by Crippen LogP contribution is 2.37. The van der Waals surface area contributed by atoms with Gasteiger partial charge in [0.25, 0.3) is 5.91 Å². The predicted molar refractivity (Wildman–Crippen MR) is 103 cm³/mol. The Labute approximate surface area is 153 Å². The molecule has 2 aromatic carbocycles. The highest BCUT2D eigenvalue weighted by Gasteiger charge is 2.36. The molecule has 0 aliphatic carbocycles. The number of rotatable bonds is 2. The Morgan fingerprint density at radius 2 is 2.15 bits per heavy atom. The van der Waals surface area contributed by atoms with Gasteiger partial charge in [0.1, 0.15) is 6.04 Å². The average Bonchev–Trinajstić information content (AvgIpc) is 3.28. The lowest BCUT2D eigenvalue weighted by molar-refractivity contribution is -0.117. The van der Waals surface area contributed by atoms with Crippen LogP contribution in [0.3, 0.4) is 0 Å². The van der Waals surface area contributed by atoms with E-state index in [2.05, 4.69) is 20.5 Å². The van der Waals surface area contributed by atoms with E-state index in [1.807, 2.05) is 30.3 Å². The molecule has 5 rings (SSSR count). The van der Waals surface area contributed by atoms with Crippen LogP contribution in [-0.4, -0.2) is 29.4 Å². The van der Waals surface area contributed by atoms with Crippen molar-refractivity contribution >= 4 is 49.9 Å². The number of carbonyl (C=O) groups excluding carboxylic acids is 2. The lowest BCUT2D eigenvalue weighted by Crippen LogP contribution is -2.43. The van der Waals surface area contributed by atoms with Crippen molar-refractivity contribution in [1.29, 1.82) is 0 Å². The maximum atomic E-state index is 12.6. The maximum Gasteiger partial charge on any atom is 0.257 e. The SMILES string of the molecule is O=C(Nc1nc2ccccc2s1)c1ccc2c(c1)NC(=O)[C@H]1CCCN21. The van der Waals surface area contributed by atoms with Crippen molar-refractivity contribution in [2.75, 3.05) is 22.1 Å². The summed E-state index contributed by atoms with van der Waals surface area (Å²) in [4.78, 5) is 31.4. The third-order valence-electron chi connectivity index (χ3n) is 4.90. The van der Waals surface area contributed by atoms with Crippen LogP contribution in [0.1, 0.15) is 23.2 Å². The third-order valence-corrected chi connectivity index (χ3v) is 5.85. The molecule has 2 aliphatic rings. The number of hydrogen-bond acceptors (Lipinski definition) is 5. The van der Waals surface area contributed by atoms with E-state index in [4.69, 9.17) is 0 Å². The first kappa shape index (κ1) is 15.3. The van der Waals surface area contributed by atoms with E-state index >= 15 is 0 Å². The topological polar surface area (TPSA) is 74.3 Å². The van der Waals surface area contributed by atoms with Gasteiger partial charge in [0.2, 0.25) is 5.91 Å². The van der Waals surface area contributed by atoms with Gasteiger partial charge in [-0.15, -0.1) is 0 Å². The van der Waals surface area contributed by atoms with Gasteiger partial charge in [-0.25, -0.2) is 4.98 Å². The summed E-state index contributed by atoms with van der Waals surface area (Å²) < 4.78 is 1.03. The minimum absolute atomic E-state index is 0.0127. The minimum Gasteiger partial charge on any atom is -0.358 e. The second-order valence-electron chi connectivity index (χ2n) is 6.51. The summed E-state index contributed by atoms with van der Waals surface area (Å²) in [5.74, 6) is -0.219. The van der Waals surface area contributed by atoms with Gasteiger partial charge in [0.15, 0.2) is 5.13 Å². The molecule has 6 nitrogen and oxygen atoms in total. The van der Waals surface area contributed by atoms with Crippen LogP contribution in [0.4, 0.5) is 16.5 Å². The zero-order chi connectivity index (χ0) is 17.7. The molecule has 0 spiro atoms.